The maximum absolute atomic E-state index is 3.33. The van der Waals surface area contributed by atoms with Crippen LogP contribution in [0.2, 0.25) is 0 Å². The number of fused-ring (bicyclic) bond motifs is 2. The van der Waals surface area contributed by atoms with Crippen LogP contribution in [0.1, 0.15) is 25.3 Å². The van der Waals surface area contributed by atoms with Crippen molar-refractivity contribution in [1.29, 1.82) is 0 Å². The third-order valence-electron chi connectivity index (χ3n) is 3.55. The van der Waals surface area contributed by atoms with E-state index in [2.05, 4.69) is 55.5 Å². The van der Waals surface area contributed by atoms with Gasteiger partial charge >= 0.3 is 0 Å². The molecule has 0 aromatic heterocycles. The van der Waals surface area contributed by atoms with Gasteiger partial charge in [-0.2, -0.15) is 0 Å². The Morgan fingerprint density at radius 2 is 1.89 bits per heavy atom. The topological polar surface area (TPSA) is 0 Å². The predicted octanol–water partition coefficient (Wildman–Crippen LogP) is 5.14. The molecule has 0 nitrogen and oxygen atoms in total. The molecule has 3 rings (SSSR count). The van der Waals surface area contributed by atoms with Crippen LogP contribution < -0.4 is 0 Å². The number of unbranched alkanes of at least 4 members (excludes halogenated alkanes) is 1. The molecule has 18 heavy (non-hydrogen) atoms. The van der Waals surface area contributed by atoms with Gasteiger partial charge in [0.1, 0.15) is 0 Å². The summed E-state index contributed by atoms with van der Waals surface area (Å²) in [5, 5.41) is 5.23. The fourth-order valence-corrected chi connectivity index (χ4v) is 2.55. The molecule has 0 bridgehead atoms. The van der Waals surface area contributed by atoms with Crippen LogP contribution in [0.5, 0.6) is 0 Å². The zero-order valence-corrected chi connectivity index (χ0v) is 10.7. The van der Waals surface area contributed by atoms with Crippen molar-refractivity contribution in [2.24, 2.45) is 0 Å². The van der Waals surface area contributed by atoms with Crippen molar-refractivity contribution in [3.63, 3.8) is 0 Å². The summed E-state index contributed by atoms with van der Waals surface area (Å²) >= 11 is 0. The van der Waals surface area contributed by atoms with Gasteiger partial charge in [0.2, 0.25) is 0 Å². The van der Waals surface area contributed by atoms with Crippen LogP contribution in [0.4, 0.5) is 0 Å². The van der Waals surface area contributed by atoms with Crippen LogP contribution in [0, 0.1) is 6.07 Å². The highest BCUT2D eigenvalue weighted by Gasteiger charge is 2.02. The molecule has 0 atom stereocenters. The SMILES string of the molecule is CCCCc1cccc2cc3ccc[c]c3cc12. The molecule has 0 heterocycles. The van der Waals surface area contributed by atoms with Gasteiger partial charge in [-0.25, -0.2) is 0 Å². The molecule has 1 radical (unpaired) electrons. The minimum Gasteiger partial charge on any atom is -0.0654 e. The summed E-state index contributed by atoms with van der Waals surface area (Å²) in [5.74, 6) is 0. The summed E-state index contributed by atoms with van der Waals surface area (Å²) in [4.78, 5) is 0. The van der Waals surface area contributed by atoms with E-state index in [1.165, 1.54) is 46.4 Å². The van der Waals surface area contributed by atoms with E-state index in [-0.39, 0.29) is 0 Å². The second kappa shape index (κ2) is 4.81. The first-order valence-electron chi connectivity index (χ1n) is 6.70. The average molecular weight is 233 g/mol. The molecule has 3 aromatic carbocycles. The Balaban J connectivity index is 2.22. The lowest BCUT2D eigenvalue weighted by Crippen LogP contribution is -1.87. The third-order valence-corrected chi connectivity index (χ3v) is 3.55. The van der Waals surface area contributed by atoms with E-state index in [4.69, 9.17) is 0 Å². The monoisotopic (exact) mass is 233 g/mol. The van der Waals surface area contributed by atoms with Crippen LogP contribution in [0.3, 0.4) is 0 Å². The summed E-state index contributed by atoms with van der Waals surface area (Å²) in [5.41, 5.74) is 1.47. The largest absolute Gasteiger partial charge is 0.0654 e. The quantitative estimate of drug-likeness (QED) is 0.550. The lowest BCUT2D eigenvalue weighted by molar-refractivity contribution is 0.799. The van der Waals surface area contributed by atoms with Crippen molar-refractivity contribution in [1.82, 2.24) is 0 Å². The normalized spacial score (nSPS) is 11.2. The highest BCUT2D eigenvalue weighted by atomic mass is 14.1. The Hall–Kier alpha value is -1.82. The van der Waals surface area contributed by atoms with E-state index < -0.39 is 0 Å². The summed E-state index contributed by atoms with van der Waals surface area (Å²) in [6.45, 7) is 2.24. The zero-order chi connectivity index (χ0) is 12.4. The van der Waals surface area contributed by atoms with E-state index in [9.17, 15) is 0 Å². The van der Waals surface area contributed by atoms with E-state index in [1.54, 1.807) is 0 Å². The first-order valence-corrected chi connectivity index (χ1v) is 6.70. The standard InChI is InChI=1S/C18H17/c1-2-3-7-14-10-6-11-17-12-15-8-4-5-9-16(15)13-18(14)17/h4-6,8,10-13H,2-3,7H2,1H3. The number of rotatable bonds is 3. The Bertz CT molecular complexity index is 680. The van der Waals surface area contributed by atoms with Gasteiger partial charge in [0.15, 0.2) is 0 Å². The van der Waals surface area contributed by atoms with Crippen molar-refractivity contribution in [2.75, 3.05) is 0 Å². The summed E-state index contributed by atoms with van der Waals surface area (Å²) in [6, 6.07) is 20.7. The van der Waals surface area contributed by atoms with Crippen LogP contribution in [-0.2, 0) is 6.42 Å². The summed E-state index contributed by atoms with van der Waals surface area (Å²) in [6.07, 6.45) is 3.68. The van der Waals surface area contributed by atoms with Crippen molar-refractivity contribution in [2.45, 2.75) is 26.2 Å². The second-order valence-corrected chi connectivity index (χ2v) is 4.85. The third kappa shape index (κ3) is 1.99. The fraction of sp³-hybridized carbons (Fsp3) is 0.222. The second-order valence-electron chi connectivity index (χ2n) is 4.85. The maximum Gasteiger partial charge on any atom is -0.00987 e. The van der Waals surface area contributed by atoms with Gasteiger partial charge in [0.25, 0.3) is 0 Å². The minimum absolute atomic E-state index is 1.17. The first-order chi connectivity index (χ1) is 8.88. The van der Waals surface area contributed by atoms with Gasteiger partial charge in [-0.05, 0) is 58.1 Å². The Labute approximate surface area is 108 Å². The maximum atomic E-state index is 3.33. The highest BCUT2D eigenvalue weighted by Crippen LogP contribution is 2.26. The van der Waals surface area contributed by atoms with Crippen LogP contribution in [-0.4, -0.2) is 0 Å². The van der Waals surface area contributed by atoms with Crippen molar-refractivity contribution in [3.8, 4) is 0 Å². The van der Waals surface area contributed by atoms with E-state index >= 15 is 0 Å². The lowest BCUT2D eigenvalue weighted by atomic mass is 9.97. The summed E-state index contributed by atoms with van der Waals surface area (Å²) in [7, 11) is 0. The molecule has 0 saturated carbocycles. The highest BCUT2D eigenvalue weighted by molar-refractivity contribution is 5.99. The van der Waals surface area contributed by atoms with Crippen molar-refractivity contribution in [3.05, 3.63) is 60.2 Å². The first kappa shape index (κ1) is 11.3. The van der Waals surface area contributed by atoms with Gasteiger partial charge in [0.05, 0.1) is 0 Å². The minimum atomic E-state index is 1.17. The molecule has 0 saturated heterocycles. The molecule has 0 spiro atoms. The molecule has 0 aliphatic heterocycles. The molecule has 89 valence electrons. The molecule has 0 amide bonds. The number of benzene rings is 3. The average Bonchev–Trinajstić information content (AvgIpc) is 2.43. The van der Waals surface area contributed by atoms with E-state index in [0.717, 1.165) is 0 Å². The van der Waals surface area contributed by atoms with E-state index in [0.29, 0.717) is 0 Å². The smallest absolute Gasteiger partial charge is 0.00987 e. The van der Waals surface area contributed by atoms with Gasteiger partial charge in [-0.15, -0.1) is 0 Å². The Morgan fingerprint density at radius 3 is 2.78 bits per heavy atom. The molecule has 0 N–H and O–H groups in total. The molecule has 3 aromatic rings. The van der Waals surface area contributed by atoms with Gasteiger partial charge in [-0.1, -0.05) is 49.7 Å². The Kier molecular flexibility index (Phi) is 3.02. The predicted molar refractivity (Wildman–Crippen MR) is 78.9 cm³/mol. The molecule has 0 fully saturated rings. The molecule has 0 aliphatic carbocycles. The molecule has 0 heteroatoms. The number of aryl methyl sites for hydroxylation is 1. The number of hydrogen-bond donors (Lipinski definition) is 0. The molecule has 0 aliphatic rings. The Morgan fingerprint density at radius 1 is 1.00 bits per heavy atom. The van der Waals surface area contributed by atoms with Gasteiger partial charge < -0.3 is 0 Å². The van der Waals surface area contributed by atoms with Crippen LogP contribution in [0.25, 0.3) is 21.5 Å². The van der Waals surface area contributed by atoms with Crippen LogP contribution >= 0.6 is 0 Å². The lowest BCUT2D eigenvalue weighted by Gasteiger charge is -2.07. The van der Waals surface area contributed by atoms with Gasteiger partial charge in [-0.3, -0.25) is 0 Å². The summed E-state index contributed by atoms with van der Waals surface area (Å²) < 4.78 is 0. The van der Waals surface area contributed by atoms with Crippen molar-refractivity contribution < 1.29 is 0 Å². The van der Waals surface area contributed by atoms with E-state index in [1.807, 2.05) is 6.07 Å². The molecular weight excluding hydrogens is 216 g/mol. The fourth-order valence-electron chi connectivity index (χ4n) is 2.55. The van der Waals surface area contributed by atoms with Gasteiger partial charge in [0, 0.05) is 0 Å². The zero-order valence-electron chi connectivity index (χ0n) is 10.7. The number of hydrogen-bond acceptors (Lipinski definition) is 0. The molecular formula is C18H17. The van der Waals surface area contributed by atoms with Crippen LogP contribution in [0.15, 0.2) is 48.5 Å². The van der Waals surface area contributed by atoms with Crippen molar-refractivity contribution >= 4 is 21.5 Å². The molecule has 0 unspecified atom stereocenters.